The van der Waals surface area contributed by atoms with Gasteiger partial charge in [0.15, 0.2) is 0 Å². The van der Waals surface area contributed by atoms with Crippen molar-refractivity contribution in [3.05, 3.63) is 0 Å². The number of hydrogen-bond donors (Lipinski definition) is 2. The zero-order valence-corrected chi connectivity index (χ0v) is 13.8. The molecule has 5 nitrogen and oxygen atoms in total. The van der Waals surface area contributed by atoms with Crippen molar-refractivity contribution in [3.8, 4) is 0 Å². The van der Waals surface area contributed by atoms with Crippen LogP contribution in [0.4, 0.5) is 4.79 Å². The maximum atomic E-state index is 11.7. The molecule has 0 aromatic rings. The van der Waals surface area contributed by atoms with E-state index in [-0.39, 0.29) is 6.09 Å². The Kier molecular flexibility index (Phi) is 5.88. The number of rotatable bonds is 3. The minimum atomic E-state index is -0.414. The first kappa shape index (κ1) is 16.6. The van der Waals surface area contributed by atoms with Gasteiger partial charge < -0.3 is 20.3 Å². The molecular weight excluding hydrogens is 266 g/mol. The second-order valence-electron chi connectivity index (χ2n) is 7.34. The molecule has 122 valence electrons. The van der Waals surface area contributed by atoms with E-state index in [0.29, 0.717) is 5.92 Å². The van der Waals surface area contributed by atoms with Crippen LogP contribution in [0.3, 0.4) is 0 Å². The Bertz CT molecular complexity index is 327. The fourth-order valence-electron chi connectivity index (χ4n) is 3.24. The molecule has 0 spiro atoms. The average Bonchev–Trinajstić information content (AvgIpc) is 2.45. The molecule has 0 bridgehead atoms. The zero-order chi connectivity index (χ0) is 15.3. The molecule has 21 heavy (non-hydrogen) atoms. The second-order valence-corrected chi connectivity index (χ2v) is 7.34. The molecule has 0 radical (unpaired) electrons. The molecule has 2 aliphatic rings. The van der Waals surface area contributed by atoms with Crippen LogP contribution in [0.2, 0.25) is 0 Å². The highest BCUT2D eigenvalue weighted by Crippen LogP contribution is 2.22. The topological polar surface area (TPSA) is 53.6 Å². The van der Waals surface area contributed by atoms with E-state index in [9.17, 15) is 4.79 Å². The van der Waals surface area contributed by atoms with Crippen LogP contribution in [-0.4, -0.2) is 55.4 Å². The minimum Gasteiger partial charge on any atom is -0.444 e. The molecule has 2 aliphatic heterocycles. The fraction of sp³-hybridized carbons (Fsp3) is 0.938. The Labute approximate surface area is 128 Å². The van der Waals surface area contributed by atoms with E-state index >= 15 is 0 Å². The SMILES string of the molecule is CC(C)(C)OC(=O)NCC1CCN(C2CCNCC2)CC1. The molecular formula is C16H31N3O2. The molecule has 2 heterocycles. The van der Waals surface area contributed by atoms with Gasteiger partial charge in [0, 0.05) is 12.6 Å². The van der Waals surface area contributed by atoms with Gasteiger partial charge in [-0.25, -0.2) is 4.79 Å². The summed E-state index contributed by atoms with van der Waals surface area (Å²) in [7, 11) is 0. The van der Waals surface area contributed by atoms with Crippen molar-refractivity contribution in [3.63, 3.8) is 0 Å². The number of nitrogens with zero attached hydrogens (tertiary/aromatic N) is 1. The van der Waals surface area contributed by atoms with Crippen molar-refractivity contribution >= 4 is 6.09 Å². The van der Waals surface area contributed by atoms with E-state index in [1.54, 1.807) is 0 Å². The highest BCUT2D eigenvalue weighted by atomic mass is 16.6. The lowest BCUT2D eigenvalue weighted by atomic mass is 9.94. The standard InChI is InChI=1S/C16H31N3O2/c1-16(2,3)21-15(20)18-12-13-6-10-19(11-7-13)14-4-8-17-9-5-14/h13-14,17H,4-12H2,1-3H3,(H,18,20). The number of amides is 1. The molecule has 2 fully saturated rings. The van der Waals surface area contributed by atoms with Crippen LogP contribution in [0.5, 0.6) is 0 Å². The van der Waals surface area contributed by atoms with Gasteiger partial charge in [-0.3, -0.25) is 0 Å². The van der Waals surface area contributed by atoms with Gasteiger partial charge in [-0.2, -0.15) is 0 Å². The summed E-state index contributed by atoms with van der Waals surface area (Å²) in [6, 6.07) is 0.769. The maximum Gasteiger partial charge on any atom is 0.407 e. The van der Waals surface area contributed by atoms with E-state index in [2.05, 4.69) is 15.5 Å². The first-order chi connectivity index (χ1) is 9.94. The van der Waals surface area contributed by atoms with Crippen molar-refractivity contribution in [1.29, 1.82) is 0 Å². The molecule has 0 saturated carbocycles. The van der Waals surface area contributed by atoms with Crippen molar-refractivity contribution in [2.24, 2.45) is 5.92 Å². The highest BCUT2D eigenvalue weighted by molar-refractivity contribution is 5.67. The predicted molar refractivity (Wildman–Crippen MR) is 84.4 cm³/mol. The summed E-state index contributed by atoms with van der Waals surface area (Å²) in [5, 5.41) is 6.34. The molecule has 2 rings (SSSR count). The Balaban J connectivity index is 1.63. The fourth-order valence-corrected chi connectivity index (χ4v) is 3.24. The van der Waals surface area contributed by atoms with Crippen LogP contribution in [-0.2, 0) is 4.74 Å². The summed E-state index contributed by atoms with van der Waals surface area (Å²) in [4.78, 5) is 14.3. The highest BCUT2D eigenvalue weighted by Gasteiger charge is 2.26. The van der Waals surface area contributed by atoms with E-state index in [1.165, 1.54) is 38.8 Å². The predicted octanol–water partition coefficient (Wildman–Crippen LogP) is 1.98. The Morgan fingerprint density at radius 1 is 1.19 bits per heavy atom. The number of carbonyl (C=O) groups excluding carboxylic acids is 1. The Morgan fingerprint density at radius 2 is 1.81 bits per heavy atom. The van der Waals surface area contributed by atoms with Gasteiger partial charge in [0.25, 0.3) is 0 Å². The molecule has 0 atom stereocenters. The summed E-state index contributed by atoms with van der Waals surface area (Å²) in [6.45, 7) is 11.1. The van der Waals surface area contributed by atoms with E-state index in [1.807, 2.05) is 20.8 Å². The lowest BCUT2D eigenvalue weighted by Crippen LogP contribution is -2.47. The minimum absolute atomic E-state index is 0.289. The van der Waals surface area contributed by atoms with Crippen molar-refractivity contribution in [1.82, 2.24) is 15.5 Å². The summed E-state index contributed by atoms with van der Waals surface area (Å²) in [6.07, 6.45) is 4.63. The van der Waals surface area contributed by atoms with Crippen molar-refractivity contribution in [2.45, 2.75) is 58.1 Å². The van der Waals surface area contributed by atoms with Gasteiger partial charge in [-0.15, -0.1) is 0 Å². The molecule has 5 heteroatoms. The van der Waals surface area contributed by atoms with Crippen LogP contribution in [0.25, 0.3) is 0 Å². The third-order valence-corrected chi connectivity index (χ3v) is 4.41. The average molecular weight is 297 g/mol. The summed E-state index contributed by atoms with van der Waals surface area (Å²) >= 11 is 0. The zero-order valence-electron chi connectivity index (χ0n) is 13.8. The number of nitrogens with one attached hydrogen (secondary N) is 2. The van der Waals surface area contributed by atoms with Gasteiger partial charge >= 0.3 is 6.09 Å². The Hall–Kier alpha value is -0.810. The Morgan fingerprint density at radius 3 is 2.38 bits per heavy atom. The van der Waals surface area contributed by atoms with Crippen LogP contribution in [0.15, 0.2) is 0 Å². The molecule has 2 saturated heterocycles. The van der Waals surface area contributed by atoms with Crippen LogP contribution >= 0.6 is 0 Å². The largest absolute Gasteiger partial charge is 0.444 e. The normalized spacial score (nSPS) is 23.0. The number of ether oxygens (including phenoxy) is 1. The third-order valence-electron chi connectivity index (χ3n) is 4.41. The van der Waals surface area contributed by atoms with E-state index in [4.69, 9.17) is 4.74 Å². The van der Waals surface area contributed by atoms with Gasteiger partial charge in [0.1, 0.15) is 5.60 Å². The number of carbonyl (C=O) groups is 1. The van der Waals surface area contributed by atoms with Gasteiger partial charge in [-0.05, 0) is 78.6 Å². The smallest absolute Gasteiger partial charge is 0.407 e. The molecule has 0 aromatic carbocycles. The third kappa shape index (κ3) is 5.83. The van der Waals surface area contributed by atoms with Crippen LogP contribution in [0, 0.1) is 5.92 Å². The first-order valence-electron chi connectivity index (χ1n) is 8.35. The quantitative estimate of drug-likeness (QED) is 0.836. The molecule has 1 amide bonds. The van der Waals surface area contributed by atoms with E-state index < -0.39 is 5.60 Å². The van der Waals surface area contributed by atoms with Crippen molar-refractivity contribution < 1.29 is 9.53 Å². The second kappa shape index (κ2) is 7.45. The number of likely N-dealkylation sites (tertiary alicyclic amines) is 1. The molecule has 0 aromatic heterocycles. The molecule has 0 aliphatic carbocycles. The van der Waals surface area contributed by atoms with Gasteiger partial charge in [0.2, 0.25) is 0 Å². The van der Waals surface area contributed by atoms with Crippen LogP contribution in [0.1, 0.15) is 46.5 Å². The summed E-state index contributed by atoms with van der Waals surface area (Å²) in [5.74, 6) is 0.593. The summed E-state index contributed by atoms with van der Waals surface area (Å²) in [5.41, 5.74) is -0.414. The van der Waals surface area contributed by atoms with E-state index in [0.717, 1.165) is 25.7 Å². The number of alkyl carbamates (subject to hydrolysis) is 1. The molecule has 2 N–H and O–H groups in total. The lowest BCUT2D eigenvalue weighted by Gasteiger charge is -2.39. The first-order valence-corrected chi connectivity index (χ1v) is 8.35. The van der Waals surface area contributed by atoms with Gasteiger partial charge in [0.05, 0.1) is 0 Å². The van der Waals surface area contributed by atoms with Crippen molar-refractivity contribution in [2.75, 3.05) is 32.7 Å². The summed E-state index contributed by atoms with van der Waals surface area (Å²) < 4.78 is 5.28. The maximum absolute atomic E-state index is 11.7. The number of hydrogen-bond acceptors (Lipinski definition) is 4. The van der Waals surface area contributed by atoms with Crippen LogP contribution < -0.4 is 10.6 Å². The monoisotopic (exact) mass is 297 g/mol. The van der Waals surface area contributed by atoms with Gasteiger partial charge in [-0.1, -0.05) is 0 Å². The molecule has 0 unspecified atom stereocenters. The lowest BCUT2D eigenvalue weighted by molar-refractivity contribution is 0.0501. The number of piperidine rings is 2.